The summed E-state index contributed by atoms with van der Waals surface area (Å²) in [5.41, 5.74) is 2.32. The molecule has 0 aliphatic rings. The highest BCUT2D eigenvalue weighted by atomic mass is 16.3. The number of aromatic nitrogens is 1. The summed E-state index contributed by atoms with van der Waals surface area (Å²) in [5, 5.41) is 2.89. The van der Waals surface area contributed by atoms with Crippen LogP contribution in [0, 0.1) is 5.92 Å². The summed E-state index contributed by atoms with van der Waals surface area (Å²) in [6.07, 6.45) is 1.63. The van der Waals surface area contributed by atoms with Gasteiger partial charge in [0.05, 0.1) is 11.8 Å². The van der Waals surface area contributed by atoms with E-state index in [4.69, 9.17) is 4.42 Å². The maximum Gasteiger partial charge on any atom is 0.268 e. The van der Waals surface area contributed by atoms with Crippen LogP contribution in [0.15, 0.2) is 22.8 Å². The summed E-state index contributed by atoms with van der Waals surface area (Å²) in [6, 6.07) is 3.62. The average molecular weight is 220 g/mol. The van der Waals surface area contributed by atoms with Gasteiger partial charge in [-0.1, -0.05) is 13.8 Å². The van der Waals surface area contributed by atoms with Crippen LogP contribution in [0.1, 0.15) is 24.3 Å². The normalized spacial score (nSPS) is 11.2. The molecule has 0 radical (unpaired) electrons. The van der Waals surface area contributed by atoms with Crippen molar-refractivity contribution in [1.29, 1.82) is 0 Å². The van der Waals surface area contributed by atoms with Gasteiger partial charge in [0.2, 0.25) is 0 Å². The van der Waals surface area contributed by atoms with Crippen molar-refractivity contribution in [2.24, 2.45) is 13.0 Å². The zero-order valence-electron chi connectivity index (χ0n) is 9.78. The molecule has 2 aromatic rings. The first-order chi connectivity index (χ1) is 7.59. The molecule has 2 rings (SSSR count). The fourth-order valence-electron chi connectivity index (χ4n) is 1.66. The zero-order chi connectivity index (χ0) is 11.7. The lowest BCUT2D eigenvalue weighted by Crippen LogP contribution is -2.28. The number of hydrogen-bond acceptors (Lipinski definition) is 2. The van der Waals surface area contributed by atoms with E-state index in [2.05, 4.69) is 19.2 Å². The Kier molecular flexibility index (Phi) is 2.73. The third-order valence-corrected chi connectivity index (χ3v) is 2.57. The number of carbonyl (C=O) groups is 1. The molecule has 2 aromatic heterocycles. The first kappa shape index (κ1) is 10.8. The quantitative estimate of drug-likeness (QED) is 0.861. The summed E-state index contributed by atoms with van der Waals surface area (Å²) in [7, 11) is 1.86. The molecule has 0 fully saturated rings. The van der Waals surface area contributed by atoms with Crippen LogP contribution in [0.3, 0.4) is 0 Å². The van der Waals surface area contributed by atoms with Gasteiger partial charge in [-0.25, -0.2) is 0 Å². The Morgan fingerprint density at radius 2 is 2.31 bits per heavy atom. The molecule has 16 heavy (non-hydrogen) atoms. The van der Waals surface area contributed by atoms with Crippen molar-refractivity contribution >= 4 is 17.0 Å². The summed E-state index contributed by atoms with van der Waals surface area (Å²) in [4.78, 5) is 11.9. The molecule has 1 N–H and O–H groups in total. The van der Waals surface area contributed by atoms with E-state index < -0.39 is 0 Å². The first-order valence-corrected chi connectivity index (χ1v) is 5.40. The van der Waals surface area contributed by atoms with Crippen LogP contribution in [-0.2, 0) is 7.05 Å². The molecule has 1 amide bonds. The van der Waals surface area contributed by atoms with Crippen LogP contribution in [0.2, 0.25) is 0 Å². The number of rotatable bonds is 3. The number of nitrogens with zero attached hydrogens (tertiary/aromatic N) is 1. The minimum absolute atomic E-state index is 0.0531. The molecule has 0 saturated carbocycles. The summed E-state index contributed by atoms with van der Waals surface area (Å²) < 4.78 is 7.10. The lowest BCUT2D eigenvalue weighted by atomic mass is 10.2. The van der Waals surface area contributed by atoms with Gasteiger partial charge in [-0.05, 0) is 5.92 Å². The second kappa shape index (κ2) is 4.04. The molecule has 0 bridgehead atoms. The first-order valence-electron chi connectivity index (χ1n) is 5.40. The minimum Gasteiger partial charge on any atom is -0.463 e. The third-order valence-electron chi connectivity index (χ3n) is 2.57. The number of hydrogen-bond donors (Lipinski definition) is 1. The predicted molar refractivity (Wildman–Crippen MR) is 62.4 cm³/mol. The van der Waals surface area contributed by atoms with Crippen molar-refractivity contribution < 1.29 is 9.21 Å². The number of aryl methyl sites for hydroxylation is 1. The van der Waals surface area contributed by atoms with E-state index in [-0.39, 0.29) is 5.91 Å². The van der Waals surface area contributed by atoms with Gasteiger partial charge in [-0.3, -0.25) is 4.79 Å². The Morgan fingerprint density at radius 1 is 1.56 bits per heavy atom. The second-order valence-corrected chi connectivity index (χ2v) is 4.36. The molecule has 2 heterocycles. The molecule has 0 aromatic carbocycles. The molecular weight excluding hydrogens is 204 g/mol. The Labute approximate surface area is 94.2 Å². The van der Waals surface area contributed by atoms with Crippen molar-refractivity contribution in [2.45, 2.75) is 13.8 Å². The van der Waals surface area contributed by atoms with Gasteiger partial charge in [0, 0.05) is 25.7 Å². The maximum atomic E-state index is 11.9. The Bertz CT molecular complexity index is 508. The van der Waals surface area contributed by atoms with Crippen LogP contribution in [-0.4, -0.2) is 17.0 Å². The Balaban J connectivity index is 2.22. The van der Waals surface area contributed by atoms with Gasteiger partial charge in [0.15, 0.2) is 5.58 Å². The molecule has 0 unspecified atom stereocenters. The minimum atomic E-state index is -0.0531. The van der Waals surface area contributed by atoms with Crippen LogP contribution in [0.25, 0.3) is 11.1 Å². The number of carbonyl (C=O) groups excluding carboxylic acids is 1. The number of amides is 1. The fraction of sp³-hybridized carbons (Fsp3) is 0.417. The van der Waals surface area contributed by atoms with Gasteiger partial charge in [0.25, 0.3) is 5.91 Å². The fourth-order valence-corrected chi connectivity index (χ4v) is 1.66. The number of nitrogens with one attached hydrogen (secondary N) is 1. The molecule has 0 aliphatic heterocycles. The van der Waals surface area contributed by atoms with Gasteiger partial charge in [-0.15, -0.1) is 0 Å². The van der Waals surface area contributed by atoms with Crippen molar-refractivity contribution in [2.75, 3.05) is 6.54 Å². The van der Waals surface area contributed by atoms with E-state index >= 15 is 0 Å². The van der Waals surface area contributed by atoms with Gasteiger partial charge in [-0.2, -0.15) is 0 Å². The molecule has 0 aliphatic carbocycles. The van der Waals surface area contributed by atoms with E-state index in [1.54, 1.807) is 12.3 Å². The standard InChI is InChI=1S/C12H16N2O2/c1-8(2)7-13-12(15)10-6-11-9(14(10)3)4-5-16-11/h4-6,8H,7H2,1-3H3,(H,13,15). The van der Waals surface area contributed by atoms with E-state index in [1.165, 1.54) is 0 Å². The van der Waals surface area contributed by atoms with Gasteiger partial charge in [0.1, 0.15) is 5.69 Å². The summed E-state index contributed by atoms with van der Waals surface area (Å²) in [5.74, 6) is 0.398. The molecule has 0 atom stereocenters. The summed E-state index contributed by atoms with van der Waals surface area (Å²) in [6.45, 7) is 4.82. The number of furan rings is 1. The van der Waals surface area contributed by atoms with Crippen LogP contribution >= 0.6 is 0 Å². The highest BCUT2D eigenvalue weighted by Crippen LogP contribution is 2.19. The summed E-state index contributed by atoms with van der Waals surface area (Å²) >= 11 is 0. The lowest BCUT2D eigenvalue weighted by Gasteiger charge is -2.08. The van der Waals surface area contributed by atoms with Crippen LogP contribution in [0.4, 0.5) is 0 Å². The van der Waals surface area contributed by atoms with Crippen molar-refractivity contribution in [3.05, 3.63) is 24.1 Å². The molecule has 0 saturated heterocycles. The topological polar surface area (TPSA) is 47.2 Å². The van der Waals surface area contributed by atoms with Gasteiger partial charge < -0.3 is 14.3 Å². The third kappa shape index (κ3) is 1.83. The number of fused-ring (bicyclic) bond motifs is 1. The molecular formula is C12H16N2O2. The largest absolute Gasteiger partial charge is 0.463 e. The second-order valence-electron chi connectivity index (χ2n) is 4.36. The van der Waals surface area contributed by atoms with Crippen molar-refractivity contribution in [1.82, 2.24) is 9.88 Å². The zero-order valence-corrected chi connectivity index (χ0v) is 9.78. The van der Waals surface area contributed by atoms with E-state index in [0.717, 1.165) is 11.1 Å². The highest BCUT2D eigenvalue weighted by molar-refractivity contribution is 5.97. The molecule has 86 valence electrons. The van der Waals surface area contributed by atoms with Gasteiger partial charge >= 0.3 is 0 Å². The monoisotopic (exact) mass is 220 g/mol. The maximum absolute atomic E-state index is 11.9. The van der Waals surface area contributed by atoms with E-state index in [1.807, 2.05) is 17.7 Å². The predicted octanol–water partition coefficient (Wildman–Crippen LogP) is 2.16. The Hall–Kier alpha value is -1.71. The smallest absolute Gasteiger partial charge is 0.268 e. The van der Waals surface area contributed by atoms with E-state index in [0.29, 0.717) is 18.2 Å². The van der Waals surface area contributed by atoms with Crippen molar-refractivity contribution in [3.8, 4) is 0 Å². The molecule has 4 nitrogen and oxygen atoms in total. The van der Waals surface area contributed by atoms with Crippen molar-refractivity contribution in [3.63, 3.8) is 0 Å². The van der Waals surface area contributed by atoms with E-state index in [9.17, 15) is 4.79 Å². The van der Waals surface area contributed by atoms with Crippen LogP contribution < -0.4 is 5.32 Å². The lowest BCUT2D eigenvalue weighted by molar-refractivity contribution is 0.0941. The highest BCUT2D eigenvalue weighted by Gasteiger charge is 2.14. The Morgan fingerprint density at radius 3 is 2.94 bits per heavy atom. The molecule has 0 spiro atoms. The molecule has 4 heteroatoms. The van der Waals surface area contributed by atoms with Crippen LogP contribution in [0.5, 0.6) is 0 Å². The average Bonchev–Trinajstić information content (AvgIpc) is 2.78. The SMILES string of the molecule is CC(C)CNC(=O)c1cc2occc2n1C.